The van der Waals surface area contributed by atoms with Gasteiger partial charge in [-0.15, -0.1) is 0 Å². The van der Waals surface area contributed by atoms with E-state index in [1.807, 2.05) is 6.07 Å². The van der Waals surface area contributed by atoms with Gasteiger partial charge in [0.2, 0.25) is 0 Å². The summed E-state index contributed by atoms with van der Waals surface area (Å²) in [7, 11) is 0. The van der Waals surface area contributed by atoms with E-state index in [1.165, 1.54) is 37.8 Å². The van der Waals surface area contributed by atoms with Gasteiger partial charge in [0.15, 0.2) is 0 Å². The number of ether oxygens (including phenoxy) is 1. The van der Waals surface area contributed by atoms with Crippen molar-refractivity contribution in [2.45, 2.75) is 45.6 Å². The van der Waals surface area contributed by atoms with Gasteiger partial charge in [0.05, 0.1) is 6.61 Å². The van der Waals surface area contributed by atoms with Crippen molar-refractivity contribution >= 4 is 0 Å². The van der Waals surface area contributed by atoms with E-state index in [0.717, 1.165) is 31.2 Å². The van der Waals surface area contributed by atoms with Crippen LogP contribution >= 0.6 is 0 Å². The minimum Gasteiger partial charge on any atom is -0.494 e. The molecule has 3 rings (SSSR count). The highest BCUT2D eigenvalue weighted by atomic mass is 16.5. The lowest BCUT2D eigenvalue weighted by atomic mass is 10.0. The second-order valence-corrected chi connectivity index (χ2v) is 6.24. The Bertz CT molecular complexity index is 421. The molecule has 0 unspecified atom stereocenters. The molecule has 0 aliphatic heterocycles. The van der Waals surface area contributed by atoms with E-state index in [1.54, 1.807) is 0 Å². The summed E-state index contributed by atoms with van der Waals surface area (Å²) in [4.78, 5) is 0. The zero-order valence-corrected chi connectivity index (χ0v) is 12.0. The Labute approximate surface area is 116 Å². The Balaban J connectivity index is 1.46. The summed E-state index contributed by atoms with van der Waals surface area (Å²) >= 11 is 0. The molecule has 0 spiro atoms. The fourth-order valence-electron chi connectivity index (χ4n) is 3.01. The number of nitrogens with one attached hydrogen (secondary N) is 1. The summed E-state index contributed by atoms with van der Waals surface area (Å²) in [5.74, 6) is 2.05. The first kappa shape index (κ1) is 13.0. The molecule has 0 amide bonds. The number of benzene rings is 1. The van der Waals surface area contributed by atoms with Gasteiger partial charge in [0.25, 0.3) is 0 Å². The molecule has 0 bridgehead atoms. The lowest BCUT2D eigenvalue weighted by Gasteiger charge is -2.15. The van der Waals surface area contributed by atoms with E-state index in [2.05, 4.69) is 30.4 Å². The standard InChI is InChI=1S/C17H25NO/c1-2-10-19-16-5-3-4-14(11-16)12-18-13-17(8-9-17)15-6-7-15/h3-5,11,15,18H,2,6-10,12-13H2,1H3. The minimum absolute atomic E-state index is 0.691. The third kappa shape index (κ3) is 3.30. The van der Waals surface area contributed by atoms with Crippen LogP contribution in [-0.2, 0) is 6.54 Å². The Morgan fingerprint density at radius 3 is 2.84 bits per heavy atom. The van der Waals surface area contributed by atoms with Gasteiger partial charge in [-0.1, -0.05) is 19.1 Å². The SMILES string of the molecule is CCCOc1cccc(CNCC2(C3CC3)CC2)c1. The predicted molar refractivity (Wildman–Crippen MR) is 78.3 cm³/mol. The fourth-order valence-corrected chi connectivity index (χ4v) is 3.01. The first-order valence-electron chi connectivity index (χ1n) is 7.75. The average molecular weight is 259 g/mol. The lowest BCUT2D eigenvalue weighted by Crippen LogP contribution is -2.25. The van der Waals surface area contributed by atoms with Gasteiger partial charge in [-0.25, -0.2) is 0 Å². The average Bonchev–Trinajstić information content (AvgIpc) is 3.27. The Kier molecular flexibility index (Phi) is 3.79. The van der Waals surface area contributed by atoms with E-state index < -0.39 is 0 Å². The zero-order chi connectivity index (χ0) is 13.1. The molecule has 0 aromatic heterocycles. The van der Waals surface area contributed by atoms with E-state index >= 15 is 0 Å². The van der Waals surface area contributed by atoms with Crippen LogP contribution in [0.1, 0.15) is 44.6 Å². The van der Waals surface area contributed by atoms with Gasteiger partial charge >= 0.3 is 0 Å². The molecule has 0 radical (unpaired) electrons. The van der Waals surface area contributed by atoms with Crippen molar-refractivity contribution in [3.63, 3.8) is 0 Å². The second-order valence-electron chi connectivity index (χ2n) is 6.24. The molecule has 1 aromatic carbocycles. The first-order valence-corrected chi connectivity index (χ1v) is 7.75. The van der Waals surface area contributed by atoms with E-state index in [0.29, 0.717) is 5.41 Å². The Morgan fingerprint density at radius 1 is 1.32 bits per heavy atom. The van der Waals surface area contributed by atoms with E-state index in [9.17, 15) is 0 Å². The third-order valence-corrected chi connectivity index (χ3v) is 4.51. The molecule has 0 atom stereocenters. The van der Waals surface area contributed by atoms with Crippen molar-refractivity contribution in [3.8, 4) is 5.75 Å². The van der Waals surface area contributed by atoms with Crippen molar-refractivity contribution in [3.05, 3.63) is 29.8 Å². The van der Waals surface area contributed by atoms with Gasteiger partial charge in [-0.3, -0.25) is 0 Å². The quantitative estimate of drug-likeness (QED) is 0.767. The first-order chi connectivity index (χ1) is 9.32. The van der Waals surface area contributed by atoms with Crippen LogP contribution in [0.3, 0.4) is 0 Å². The monoisotopic (exact) mass is 259 g/mol. The lowest BCUT2D eigenvalue weighted by molar-refractivity contribution is 0.317. The topological polar surface area (TPSA) is 21.3 Å². The molecule has 1 N–H and O–H groups in total. The molecular weight excluding hydrogens is 234 g/mol. The highest BCUT2D eigenvalue weighted by Crippen LogP contribution is 2.60. The van der Waals surface area contributed by atoms with Crippen molar-refractivity contribution in [1.82, 2.24) is 5.32 Å². The molecule has 2 heteroatoms. The molecule has 2 nitrogen and oxygen atoms in total. The summed E-state index contributed by atoms with van der Waals surface area (Å²) in [5, 5.41) is 3.65. The van der Waals surface area contributed by atoms with Crippen molar-refractivity contribution < 1.29 is 4.74 Å². The maximum atomic E-state index is 5.68. The van der Waals surface area contributed by atoms with Gasteiger partial charge in [-0.05, 0) is 61.1 Å². The molecule has 1 aromatic rings. The van der Waals surface area contributed by atoms with E-state index in [-0.39, 0.29) is 0 Å². The molecular formula is C17H25NO. The zero-order valence-electron chi connectivity index (χ0n) is 12.0. The largest absolute Gasteiger partial charge is 0.494 e. The predicted octanol–water partition coefficient (Wildman–Crippen LogP) is 3.76. The number of hydrogen-bond acceptors (Lipinski definition) is 2. The normalized spacial score (nSPS) is 20.3. The highest BCUT2D eigenvalue weighted by Gasteiger charge is 2.53. The van der Waals surface area contributed by atoms with Crippen molar-refractivity contribution in [2.75, 3.05) is 13.2 Å². The van der Waals surface area contributed by atoms with Crippen LogP contribution < -0.4 is 10.1 Å². The van der Waals surface area contributed by atoms with Gasteiger partial charge in [0, 0.05) is 13.1 Å². The number of hydrogen-bond donors (Lipinski definition) is 1. The summed E-state index contributed by atoms with van der Waals surface area (Å²) in [6, 6.07) is 8.49. The van der Waals surface area contributed by atoms with Crippen molar-refractivity contribution in [1.29, 1.82) is 0 Å². The smallest absolute Gasteiger partial charge is 0.119 e. The van der Waals surface area contributed by atoms with Crippen LogP contribution in [0.4, 0.5) is 0 Å². The van der Waals surface area contributed by atoms with Gasteiger partial charge in [-0.2, -0.15) is 0 Å². The van der Waals surface area contributed by atoms with Crippen LogP contribution in [0.2, 0.25) is 0 Å². The van der Waals surface area contributed by atoms with Crippen LogP contribution in [0.25, 0.3) is 0 Å². The van der Waals surface area contributed by atoms with Crippen LogP contribution in [0.5, 0.6) is 5.75 Å². The molecule has 2 saturated carbocycles. The molecule has 19 heavy (non-hydrogen) atoms. The molecule has 0 saturated heterocycles. The van der Waals surface area contributed by atoms with Crippen molar-refractivity contribution in [2.24, 2.45) is 11.3 Å². The summed E-state index contributed by atoms with van der Waals surface area (Å²) < 4.78 is 5.68. The molecule has 104 valence electrons. The maximum Gasteiger partial charge on any atom is 0.119 e. The minimum atomic E-state index is 0.691. The second kappa shape index (κ2) is 5.54. The highest BCUT2D eigenvalue weighted by molar-refractivity contribution is 5.28. The number of rotatable bonds is 8. The summed E-state index contributed by atoms with van der Waals surface area (Å²) in [6.45, 7) is 5.12. The van der Waals surface area contributed by atoms with Crippen LogP contribution in [0, 0.1) is 11.3 Å². The van der Waals surface area contributed by atoms with E-state index in [4.69, 9.17) is 4.74 Å². The fraction of sp³-hybridized carbons (Fsp3) is 0.647. The molecule has 2 aliphatic carbocycles. The summed E-state index contributed by atoms with van der Waals surface area (Å²) in [5.41, 5.74) is 2.02. The maximum absolute atomic E-state index is 5.68. The van der Waals surface area contributed by atoms with Crippen LogP contribution in [0.15, 0.2) is 24.3 Å². The van der Waals surface area contributed by atoms with Gasteiger partial charge in [0.1, 0.15) is 5.75 Å². The third-order valence-electron chi connectivity index (χ3n) is 4.51. The Morgan fingerprint density at radius 2 is 2.16 bits per heavy atom. The molecule has 0 heterocycles. The van der Waals surface area contributed by atoms with Gasteiger partial charge < -0.3 is 10.1 Å². The Hall–Kier alpha value is -1.02. The molecule has 2 aliphatic rings. The van der Waals surface area contributed by atoms with Crippen LogP contribution in [-0.4, -0.2) is 13.2 Å². The summed E-state index contributed by atoms with van der Waals surface area (Å²) in [6.07, 6.45) is 6.91. The molecule has 2 fully saturated rings.